The van der Waals surface area contributed by atoms with Crippen LogP contribution in [0.15, 0.2) is 59.8 Å². The van der Waals surface area contributed by atoms with Crippen LogP contribution in [0.4, 0.5) is 16.3 Å². The minimum Gasteiger partial charge on any atom is -0.490 e. The van der Waals surface area contributed by atoms with Crippen LogP contribution in [0, 0.1) is 0 Å². The highest BCUT2D eigenvalue weighted by atomic mass is 35.5. The van der Waals surface area contributed by atoms with Gasteiger partial charge in [0.2, 0.25) is 0 Å². The second-order valence-corrected chi connectivity index (χ2v) is 12.1. The number of nitrogens with zero attached hydrogens (tertiary/aromatic N) is 2. The summed E-state index contributed by atoms with van der Waals surface area (Å²) in [4.78, 5) is 34.6. The lowest BCUT2D eigenvalue weighted by atomic mass is 9.93. The van der Waals surface area contributed by atoms with Gasteiger partial charge in [-0.05, 0) is 89.1 Å². The second-order valence-electron chi connectivity index (χ2n) is 10.8. The Morgan fingerprint density at radius 3 is 2.54 bits per heavy atom. The molecule has 1 aliphatic rings. The number of ether oxygens (including phenoxy) is 2. The molecule has 2 amide bonds. The van der Waals surface area contributed by atoms with Gasteiger partial charge in [0, 0.05) is 35.4 Å². The van der Waals surface area contributed by atoms with Crippen LogP contribution in [0.25, 0.3) is 0 Å². The summed E-state index contributed by atoms with van der Waals surface area (Å²) in [5, 5.41) is 9.58. The standard InChI is InChI=1S/C30H36ClN5O4S/c1-30(2,3)40-29(38)35-21-9-11-22(12-10-21)39-25-16-23(41-4)13-7-19(25)17-33-24-6-5-15-32-27(24)28(37)36-26-14-8-20(31)18-34-26/h5-8,13-16,18,21-22,33H,9-12,17H2,1-4H3,(H,35,38)(H,34,36,37)/t21-,22+. The maximum absolute atomic E-state index is 13.0. The topological polar surface area (TPSA) is 114 Å². The van der Waals surface area contributed by atoms with E-state index in [0.29, 0.717) is 23.1 Å². The minimum absolute atomic E-state index is 0.0362. The van der Waals surface area contributed by atoms with Gasteiger partial charge in [0.15, 0.2) is 5.69 Å². The molecule has 1 aromatic carbocycles. The van der Waals surface area contributed by atoms with Crippen molar-refractivity contribution < 1.29 is 19.1 Å². The Bertz CT molecular complexity index is 1340. The van der Waals surface area contributed by atoms with Gasteiger partial charge in [-0.3, -0.25) is 4.79 Å². The van der Waals surface area contributed by atoms with Crippen LogP contribution in [-0.2, 0) is 11.3 Å². The van der Waals surface area contributed by atoms with Gasteiger partial charge in [-0.2, -0.15) is 0 Å². The number of benzene rings is 1. The van der Waals surface area contributed by atoms with E-state index in [1.165, 1.54) is 6.20 Å². The normalized spacial score (nSPS) is 16.9. The molecule has 0 saturated heterocycles. The Kier molecular flexibility index (Phi) is 10.3. The second kappa shape index (κ2) is 13.9. The Hall–Kier alpha value is -3.50. The number of nitrogens with one attached hydrogen (secondary N) is 3. The third-order valence-corrected chi connectivity index (χ3v) is 7.37. The van der Waals surface area contributed by atoms with Gasteiger partial charge >= 0.3 is 6.09 Å². The van der Waals surface area contributed by atoms with Gasteiger partial charge in [0.25, 0.3) is 5.91 Å². The fourth-order valence-electron chi connectivity index (χ4n) is 4.44. The number of hydrogen-bond acceptors (Lipinski definition) is 8. The van der Waals surface area contributed by atoms with Crippen LogP contribution in [-0.4, -0.2) is 46.0 Å². The number of carbonyl (C=O) groups is 2. The Morgan fingerprint density at radius 2 is 1.85 bits per heavy atom. The lowest BCUT2D eigenvalue weighted by molar-refractivity contribution is 0.0470. The van der Waals surface area contributed by atoms with Gasteiger partial charge < -0.3 is 25.4 Å². The van der Waals surface area contributed by atoms with Gasteiger partial charge in [-0.15, -0.1) is 11.8 Å². The molecule has 9 nitrogen and oxygen atoms in total. The van der Waals surface area contributed by atoms with Crippen molar-refractivity contribution in [3.05, 3.63) is 71.1 Å². The zero-order chi connectivity index (χ0) is 29.4. The molecular weight excluding hydrogens is 562 g/mol. The van der Waals surface area contributed by atoms with E-state index in [9.17, 15) is 9.59 Å². The predicted octanol–water partition coefficient (Wildman–Crippen LogP) is 6.93. The Labute approximate surface area is 250 Å². The first kappa shape index (κ1) is 30.5. The first-order valence-electron chi connectivity index (χ1n) is 13.5. The lowest BCUT2D eigenvalue weighted by Gasteiger charge is -2.31. The quantitative estimate of drug-likeness (QED) is 0.227. The number of alkyl carbamates (subject to hydrolysis) is 1. The fraction of sp³-hybridized carbons (Fsp3) is 0.400. The molecule has 3 aromatic rings. The molecule has 0 radical (unpaired) electrons. The summed E-state index contributed by atoms with van der Waals surface area (Å²) in [5.41, 5.74) is 1.29. The monoisotopic (exact) mass is 597 g/mol. The van der Waals surface area contributed by atoms with Crippen molar-refractivity contribution >= 4 is 46.9 Å². The Balaban J connectivity index is 1.39. The largest absolute Gasteiger partial charge is 0.490 e. The highest BCUT2D eigenvalue weighted by molar-refractivity contribution is 7.98. The number of hydrogen-bond donors (Lipinski definition) is 3. The van der Waals surface area contributed by atoms with Crippen molar-refractivity contribution in [2.24, 2.45) is 0 Å². The lowest BCUT2D eigenvalue weighted by Crippen LogP contribution is -2.42. The maximum Gasteiger partial charge on any atom is 0.407 e. The molecule has 41 heavy (non-hydrogen) atoms. The molecule has 0 aliphatic heterocycles. The summed E-state index contributed by atoms with van der Waals surface area (Å²) in [6.07, 6.45) is 8.01. The summed E-state index contributed by atoms with van der Waals surface area (Å²) in [7, 11) is 0. The molecule has 0 spiro atoms. The molecule has 0 atom stereocenters. The number of thioether (sulfide) groups is 1. The molecule has 1 aliphatic carbocycles. The zero-order valence-electron chi connectivity index (χ0n) is 23.7. The molecule has 2 aromatic heterocycles. The van der Waals surface area contributed by atoms with E-state index in [0.717, 1.165) is 41.9 Å². The molecule has 4 rings (SSSR count). The molecule has 0 unspecified atom stereocenters. The van der Waals surface area contributed by atoms with Crippen LogP contribution in [0.1, 0.15) is 62.5 Å². The van der Waals surface area contributed by atoms with Crippen LogP contribution in [0.3, 0.4) is 0 Å². The fourth-order valence-corrected chi connectivity index (χ4v) is 4.98. The van der Waals surface area contributed by atoms with E-state index in [2.05, 4.69) is 38.1 Å². The molecule has 11 heteroatoms. The molecule has 1 saturated carbocycles. The smallest absolute Gasteiger partial charge is 0.407 e. The third-order valence-electron chi connectivity index (χ3n) is 6.42. The van der Waals surface area contributed by atoms with Gasteiger partial charge in [0.05, 0.1) is 16.8 Å². The summed E-state index contributed by atoms with van der Waals surface area (Å²) < 4.78 is 11.9. The summed E-state index contributed by atoms with van der Waals surface area (Å²) in [5.74, 6) is 0.803. The van der Waals surface area contributed by atoms with Crippen LogP contribution < -0.4 is 20.7 Å². The van der Waals surface area contributed by atoms with Crippen molar-refractivity contribution in [1.82, 2.24) is 15.3 Å². The number of pyridine rings is 2. The van der Waals surface area contributed by atoms with E-state index in [1.54, 1.807) is 36.2 Å². The van der Waals surface area contributed by atoms with Crippen LogP contribution >= 0.6 is 23.4 Å². The highest BCUT2D eigenvalue weighted by Crippen LogP contribution is 2.31. The highest BCUT2D eigenvalue weighted by Gasteiger charge is 2.26. The summed E-state index contributed by atoms with van der Waals surface area (Å²) >= 11 is 7.55. The van der Waals surface area contributed by atoms with E-state index >= 15 is 0 Å². The average Bonchev–Trinajstić information content (AvgIpc) is 2.93. The number of anilines is 2. The van der Waals surface area contributed by atoms with Crippen molar-refractivity contribution in [2.75, 3.05) is 16.9 Å². The SMILES string of the molecule is CSc1ccc(CNc2cccnc2C(=O)Nc2ccc(Cl)cn2)c(O[C@H]2CC[C@@H](NC(=O)OC(C)(C)C)CC2)c1. The third kappa shape index (κ3) is 9.26. The summed E-state index contributed by atoms with van der Waals surface area (Å²) in [6.45, 7) is 6.00. The average molecular weight is 598 g/mol. The van der Waals surface area contributed by atoms with Crippen molar-refractivity contribution in [3.8, 4) is 5.75 Å². The minimum atomic E-state index is -0.522. The van der Waals surface area contributed by atoms with Gasteiger partial charge in [0.1, 0.15) is 17.2 Å². The molecule has 3 N–H and O–H groups in total. The Morgan fingerprint density at radius 1 is 1.07 bits per heavy atom. The summed E-state index contributed by atoms with van der Waals surface area (Å²) in [6, 6.07) is 13.1. The van der Waals surface area contributed by atoms with E-state index < -0.39 is 5.60 Å². The molecular formula is C30H36ClN5O4S. The zero-order valence-corrected chi connectivity index (χ0v) is 25.3. The van der Waals surface area contributed by atoms with Crippen molar-refractivity contribution in [3.63, 3.8) is 0 Å². The predicted molar refractivity (Wildman–Crippen MR) is 163 cm³/mol. The van der Waals surface area contributed by atoms with E-state index in [-0.39, 0.29) is 29.8 Å². The number of aromatic nitrogens is 2. The molecule has 0 bridgehead atoms. The van der Waals surface area contributed by atoms with Crippen LogP contribution in [0.2, 0.25) is 5.02 Å². The maximum atomic E-state index is 13.0. The first-order valence-corrected chi connectivity index (χ1v) is 15.1. The number of halogens is 1. The van der Waals surface area contributed by atoms with E-state index in [4.69, 9.17) is 21.1 Å². The molecule has 1 fully saturated rings. The number of amides is 2. The van der Waals surface area contributed by atoms with Gasteiger partial charge in [-0.1, -0.05) is 17.7 Å². The van der Waals surface area contributed by atoms with Gasteiger partial charge in [-0.25, -0.2) is 14.8 Å². The van der Waals surface area contributed by atoms with Crippen LogP contribution in [0.5, 0.6) is 5.75 Å². The van der Waals surface area contributed by atoms with Crippen molar-refractivity contribution in [1.29, 1.82) is 0 Å². The number of carbonyl (C=O) groups excluding carboxylic acids is 2. The van der Waals surface area contributed by atoms with E-state index in [1.807, 2.05) is 39.2 Å². The van der Waals surface area contributed by atoms with Crippen molar-refractivity contribution in [2.45, 2.75) is 75.6 Å². The number of rotatable bonds is 9. The first-order chi connectivity index (χ1) is 19.6. The molecule has 2 heterocycles. The molecule has 218 valence electrons.